The predicted molar refractivity (Wildman–Crippen MR) is 70.3 cm³/mol. The van der Waals surface area contributed by atoms with Crippen LogP contribution in [0.5, 0.6) is 0 Å². The lowest BCUT2D eigenvalue weighted by Gasteiger charge is -2.02. The van der Waals surface area contributed by atoms with Gasteiger partial charge in [0.15, 0.2) is 0 Å². The molecule has 0 amide bonds. The predicted octanol–water partition coefficient (Wildman–Crippen LogP) is 3.52. The lowest BCUT2D eigenvalue weighted by molar-refractivity contribution is -0.385. The minimum Gasteiger partial charge on any atom is -0.390 e. The first-order chi connectivity index (χ1) is 7.99. The van der Waals surface area contributed by atoms with Crippen LogP contribution in [0.1, 0.15) is 10.4 Å². The summed E-state index contributed by atoms with van der Waals surface area (Å²) in [4.78, 5) is 11.6. The molecule has 0 radical (unpaired) electrons. The highest BCUT2D eigenvalue weighted by Crippen LogP contribution is 2.35. The first-order valence-electron chi connectivity index (χ1n) is 5.10. The Hall–Kier alpha value is -1.88. The Kier molecular flexibility index (Phi) is 2.85. The number of anilines is 1. The van der Waals surface area contributed by atoms with Crippen LogP contribution in [0, 0.1) is 24.0 Å². The Bertz CT molecular complexity index is 590. The maximum Gasteiger partial charge on any atom is 0.272 e. The van der Waals surface area contributed by atoms with Gasteiger partial charge in [-0.2, -0.15) is 0 Å². The van der Waals surface area contributed by atoms with E-state index in [1.54, 1.807) is 19.1 Å². The van der Waals surface area contributed by atoms with E-state index >= 15 is 0 Å². The van der Waals surface area contributed by atoms with Crippen molar-refractivity contribution in [2.75, 3.05) is 5.73 Å². The van der Waals surface area contributed by atoms with Crippen LogP contribution in [0.2, 0.25) is 0 Å². The maximum absolute atomic E-state index is 10.9. The van der Waals surface area contributed by atoms with Gasteiger partial charge in [0.05, 0.1) is 9.92 Å². The molecule has 88 valence electrons. The largest absolute Gasteiger partial charge is 0.390 e. The summed E-state index contributed by atoms with van der Waals surface area (Å²) < 4.78 is 0. The van der Waals surface area contributed by atoms with Crippen LogP contribution in [-0.2, 0) is 0 Å². The van der Waals surface area contributed by atoms with E-state index in [0.29, 0.717) is 10.6 Å². The van der Waals surface area contributed by atoms with E-state index in [9.17, 15) is 10.1 Å². The number of benzene rings is 1. The number of nitro benzene ring substituents is 1. The second kappa shape index (κ2) is 4.18. The minimum atomic E-state index is -0.367. The van der Waals surface area contributed by atoms with Crippen molar-refractivity contribution in [2.45, 2.75) is 13.8 Å². The monoisotopic (exact) mass is 248 g/mol. The Morgan fingerprint density at radius 1 is 1.29 bits per heavy atom. The van der Waals surface area contributed by atoms with Gasteiger partial charge in [0, 0.05) is 22.1 Å². The first kappa shape index (κ1) is 11.6. The zero-order valence-electron chi connectivity index (χ0n) is 9.56. The lowest BCUT2D eigenvalue weighted by atomic mass is 10.0. The third kappa shape index (κ3) is 2.14. The average molecular weight is 248 g/mol. The highest BCUT2D eigenvalue weighted by atomic mass is 32.1. The number of hydrogen-bond donors (Lipinski definition) is 1. The smallest absolute Gasteiger partial charge is 0.272 e. The summed E-state index contributed by atoms with van der Waals surface area (Å²) >= 11 is 1.49. The van der Waals surface area contributed by atoms with Crippen molar-refractivity contribution in [3.8, 4) is 11.1 Å². The summed E-state index contributed by atoms with van der Waals surface area (Å²) in [6.07, 6.45) is 0. The summed E-state index contributed by atoms with van der Waals surface area (Å²) in [6, 6.07) is 7.14. The summed E-state index contributed by atoms with van der Waals surface area (Å²) in [5, 5.41) is 11.6. The van der Waals surface area contributed by atoms with Gasteiger partial charge >= 0.3 is 0 Å². The second-order valence-corrected chi connectivity index (χ2v) is 5.18. The molecule has 0 spiro atoms. The summed E-state index contributed by atoms with van der Waals surface area (Å²) in [5.41, 5.74) is 8.34. The Morgan fingerprint density at radius 3 is 2.53 bits per heavy atom. The van der Waals surface area contributed by atoms with Gasteiger partial charge in [-0.25, -0.2) is 0 Å². The van der Waals surface area contributed by atoms with Crippen LogP contribution in [0.15, 0.2) is 24.3 Å². The van der Waals surface area contributed by atoms with E-state index in [0.717, 1.165) is 16.0 Å². The normalized spacial score (nSPS) is 10.5. The van der Waals surface area contributed by atoms with Crippen LogP contribution in [0.3, 0.4) is 0 Å². The highest BCUT2D eigenvalue weighted by Gasteiger charge is 2.14. The molecule has 2 aromatic rings. The third-order valence-electron chi connectivity index (χ3n) is 2.60. The molecule has 17 heavy (non-hydrogen) atoms. The number of nitro groups is 1. The third-order valence-corrected chi connectivity index (χ3v) is 3.48. The molecule has 1 heterocycles. The van der Waals surface area contributed by atoms with E-state index < -0.39 is 0 Å². The van der Waals surface area contributed by atoms with Crippen LogP contribution in [0.25, 0.3) is 11.1 Å². The molecule has 2 rings (SSSR count). The van der Waals surface area contributed by atoms with Crippen LogP contribution in [0.4, 0.5) is 10.7 Å². The molecule has 1 aromatic carbocycles. The number of hydrogen-bond acceptors (Lipinski definition) is 4. The van der Waals surface area contributed by atoms with Crippen molar-refractivity contribution in [3.05, 3.63) is 44.8 Å². The van der Waals surface area contributed by atoms with Gasteiger partial charge in [0.2, 0.25) is 0 Å². The molecule has 5 heteroatoms. The van der Waals surface area contributed by atoms with Gasteiger partial charge in [-0.1, -0.05) is 12.1 Å². The number of nitrogen functional groups attached to an aromatic ring is 1. The van der Waals surface area contributed by atoms with Crippen LogP contribution < -0.4 is 5.73 Å². The highest BCUT2D eigenvalue weighted by molar-refractivity contribution is 7.16. The fourth-order valence-corrected chi connectivity index (χ4v) is 2.54. The zero-order valence-corrected chi connectivity index (χ0v) is 10.4. The van der Waals surface area contributed by atoms with Gasteiger partial charge in [0.25, 0.3) is 5.69 Å². The maximum atomic E-state index is 10.9. The number of thiophene rings is 1. The SMILES string of the molecule is Cc1cc(-c2ccc(C)c([N+](=O)[O-])c2)c(N)s1. The molecule has 0 aliphatic carbocycles. The molecule has 0 saturated heterocycles. The lowest BCUT2D eigenvalue weighted by Crippen LogP contribution is -1.92. The van der Waals surface area contributed by atoms with Crippen molar-refractivity contribution >= 4 is 22.0 Å². The molecule has 4 nitrogen and oxygen atoms in total. The average Bonchev–Trinajstić information content (AvgIpc) is 2.58. The fourth-order valence-electron chi connectivity index (χ4n) is 1.73. The molecule has 0 fully saturated rings. The molecule has 0 atom stereocenters. The Balaban J connectivity index is 2.57. The van der Waals surface area contributed by atoms with Crippen LogP contribution >= 0.6 is 11.3 Å². The second-order valence-electron chi connectivity index (χ2n) is 3.89. The summed E-state index contributed by atoms with van der Waals surface area (Å²) in [5.74, 6) is 0. The van der Waals surface area contributed by atoms with E-state index in [4.69, 9.17) is 5.73 Å². The molecular weight excluding hydrogens is 236 g/mol. The van der Waals surface area contributed by atoms with Gasteiger partial charge in [-0.15, -0.1) is 11.3 Å². The Labute approximate surface area is 103 Å². The van der Waals surface area contributed by atoms with Crippen LogP contribution in [-0.4, -0.2) is 4.92 Å². The molecule has 1 aromatic heterocycles. The van der Waals surface area contributed by atoms with E-state index in [2.05, 4.69) is 0 Å². The van der Waals surface area contributed by atoms with Crippen molar-refractivity contribution in [2.24, 2.45) is 0 Å². The van der Waals surface area contributed by atoms with E-state index in [1.807, 2.05) is 19.1 Å². The standard InChI is InChI=1S/C12H12N2O2S/c1-7-3-4-9(6-11(7)14(15)16)10-5-8(2)17-12(10)13/h3-6H,13H2,1-2H3. The molecule has 0 unspecified atom stereocenters. The molecule has 0 aliphatic heterocycles. The molecular formula is C12H12N2O2S. The van der Waals surface area contributed by atoms with Crippen molar-refractivity contribution in [1.82, 2.24) is 0 Å². The Morgan fingerprint density at radius 2 is 2.00 bits per heavy atom. The molecule has 2 N–H and O–H groups in total. The van der Waals surface area contributed by atoms with Gasteiger partial charge in [-0.05, 0) is 25.5 Å². The summed E-state index contributed by atoms with van der Waals surface area (Å²) in [6.45, 7) is 3.69. The zero-order chi connectivity index (χ0) is 12.6. The van der Waals surface area contributed by atoms with Gasteiger partial charge in [0.1, 0.15) is 0 Å². The van der Waals surface area contributed by atoms with Crippen molar-refractivity contribution < 1.29 is 4.92 Å². The number of aryl methyl sites for hydroxylation is 2. The summed E-state index contributed by atoms with van der Waals surface area (Å²) in [7, 11) is 0. The van der Waals surface area contributed by atoms with Crippen molar-refractivity contribution in [1.29, 1.82) is 0 Å². The number of nitrogens with two attached hydrogens (primary N) is 1. The van der Waals surface area contributed by atoms with Gasteiger partial charge < -0.3 is 5.73 Å². The molecule has 0 saturated carbocycles. The number of rotatable bonds is 2. The quantitative estimate of drug-likeness (QED) is 0.653. The minimum absolute atomic E-state index is 0.130. The fraction of sp³-hybridized carbons (Fsp3) is 0.167. The topological polar surface area (TPSA) is 69.2 Å². The molecule has 0 bridgehead atoms. The van der Waals surface area contributed by atoms with E-state index in [1.165, 1.54) is 11.3 Å². The van der Waals surface area contributed by atoms with Crippen molar-refractivity contribution in [3.63, 3.8) is 0 Å². The van der Waals surface area contributed by atoms with E-state index in [-0.39, 0.29) is 10.6 Å². The van der Waals surface area contributed by atoms with Gasteiger partial charge in [-0.3, -0.25) is 10.1 Å². The number of nitrogens with zero attached hydrogens (tertiary/aromatic N) is 1. The first-order valence-corrected chi connectivity index (χ1v) is 5.92. The molecule has 0 aliphatic rings.